The lowest BCUT2D eigenvalue weighted by molar-refractivity contribution is 0.0420. The van der Waals surface area contributed by atoms with Crippen LogP contribution in [0.1, 0.15) is 31.5 Å². The zero-order valence-electron chi connectivity index (χ0n) is 7.74. The molecule has 72 valence electrons. The molecule has 1 aromatic rings. The lowest BCUT2D eigenvalue weighted by Gasteiger charge is -2.23. The molecule has 1 aliphatic rings. The molecule has 1 saturated heterocycles. The van der Waals surface area contributed by atoms with Gasteiger partial charge < -0.3 is 14.9 Å². The first-order chi connectivity index (χ1) is 6.07. The van der Waals surface area contributed by atoms with Crippen LogP contribution in [0.25, 0.3) is 0 Å². The van der Waals surface area contributed by atoms with E-state index in [0.29, 0.717) is 11.7 Å². The minimum absolute atomic E-state index is 0.286. The van der Waals surface area contributed by atoms with E-state index in [2.05, 4.69) is 15.5 Å². The third-order valence-corrected chi connectivity index (χ3v) is 2.11. The van der Waals surface area contributed by atoms with Gasteiger partial charge in [0, 0.05) is 19.0 Å². The highest BCUT2D eigenvalue weighted by atomic mass is 16.5. The summed E-state index contributed by atoms with van der Waals surface area (Å²) in [6.07, 6.45) is 0. The number of nitrogens with one attached hydrogen (secondary N) is 1. The van der Waals surface area contributed by atoms with E-state index in [0.717, 1.165) is 13.1 Å². The average molecular weight is 183 g/mol. The molecule has 2 N–H and O–H groups in total. The Hall–Kier alpha value is -0.940. The van der Waals surface area contributed by atoms with E-state index in [9.17, 15) is 5.11 Å². The number of hydrogen-bond donors (Lipinski definition) is 2. The van der Waals surface area contributed by atoms with Gasteiger partial charge in [0.2, 0.25) is 0 Å². The van der Waals surface area contributed by atoms with Crippen molar-refractivity contribution in [3.8, 4) is 0 Å². The molecule has 5 nitrogen and oxygen atoms in total. The van der Waals surface area contributed by atoms with E-state index in [4.69, 9.17) is 4.52 Å². The van der Waals surface area contributed by atoms with Gasteiger partial charge >= 0.3 is 0 Å². The standard InChI is InChI=1S/C8H13N3O2/c1-8(2,12)7-10-6(11-13-7)5-3-9-4-5/h5,9,12H,3-4H2,1-2H3. The van der Waals surface area contributed by atoms with Crippen molar-refractivity contribution >= 4 is 0 Å². The van der Waals surface area contributed by atoms with E-state index in [1.807, 2.05) is 0 Å². The van der Waals surface area contributed by atoms with Gasteiger partial charge in [0.25, 0.3) is 5.89 Å². The predicted octanol–water partition coefficient (Wildman–Crippen LogP) is -0.0162. The Bertz CT molecular complexity index is 299. The monoisotopic (exact) mass is 183 g/mol. The predicted molar refractivity (Wildman–Crippen MR) is 45.2 cm³/mol. The van der Waals surface area contributed by atoms with E-state index >= 15 is 0 Å². The SMILES string of the molecule is CC(C)(O)c1nc(C2CNC2)no1. The van der Waals surface area contributed by atoms with Crippen molar-refractivity contribution in [1.29, 1.82) is 0 Å². The lowest BCUT2D eigenvalue weighted by atomic mass is 10.0. The first kappa shape index (κ1) is 8.65. The van der Waals surface area contributed by atoms with Gasteiger partial charge in [-0.1, -0.05) is 5.16 Å². The van der Waals surface area contributed by atoms with Crippen molar-refractivity contribution in [1.82, 2.24) is 15.5 Å². The Morgan fingerprint density at radius 3 is 2.62 bits per heavy atom. The van der Waals surface area contributed by atoms with Crippen molar-refractivity contribution < 1.29 is 9.63 Å². The number of aliphatic hydroxyl groups is 1. The molecule has 0 amide bonds. The van der Waals surface area contributed by atoms with Gasteiger partial charge in [0.15, 0.2) is 5.82 Å². The van der Waals surface area contributed by atoms with Gasteiger partial charge in [0.05, 0.1) is 0 Å². The molecule has 13 heavy (non-hydrogen) atoms. The molecule has 0 bridgehead atoms. The molecule has 2 rings (SSSR count). The van der Waals surface area contributed by atoms with Gasteiger partial charge in [-0.25, -0.2) is 0 Å². The van der Waals surface area contributed by atoms with E-state index in [1.165, 1.54) is 0 Å². The number of nitrogens with zero attached hydrogens (tertiary/aromatic N) is 2. The van der Waals surface area contributed by atoms with E-state index < -0.39 is 5.60 Å². The van der Waals surface area contributed by atoms with Crippen molar-refractivity contribution in [2.45, 2.75) is 25.4 Å². The topological polar surface area (TPSA) is 71.2 Å². The average Bonchev–Trinajstić information content (AvgIpc) is 2.29. The first-order valence-corrected chi connectivity index (χ1v) is 4.34. The van der Waals surface area contributed by atoms with Crippen LogP contribution in [-0.2, 0) is 5.60 Å². The smallest absolute Gasteiger partial charge is 0.258 e. The Labute approximate surface area is 76.1 Å². The van der Waals surface area contributed by atoms with Crippen LogP contribution in [0, 0.1) is 0 Å². The molecule has 0 saturated carbocycles. The second-order valence-corrected chi connectivity index (χ2v) is 3.87. The zero-order valence-corrected chi connectivity index (χ0v) is 7.74. The maximum atomic E-state index is 9.56. The molecule has 0 unspecified atom stereocenters. The molecule has 0 spiro atoms. The van der Waals surface area contributed by atoms with Crippen LogP contribution in [0.2, 0.25) is 0 Å². The third kappa shape index (κ3) is 1.57. The van der Waals surface area contributed by atoms with Gasteiger partial charge in [-0.2, -0.15) is 4.98 Å². The number of rotatable bonds is 2. The Balaban J connectivity index is 2.17. The molecular formula is C8H13N3O2. The van der Waals surface area contributed by atoms with Crippen LogP contribution in [0.15, 0.2) is 4.52 Å². The minimum Gasteiger partial charge on any atom is -0.381 e. The second kappa shape index (κ2) is 2.78. The molecule has 1 aliphatic heterocycles. The highest BCUT2D eigenvalue weighted by Gasteiger charge is 2.29. The molecule has 5 heteroatoms. The molecule has 0 aliphatic carbocycles. The zero-order chi connectivity index (χ0) is 9.47. The Morgan fingerprint density at radius 1 is 1.54 bits per heavy atom. The van der Waals surface area contributed by atoms with E-state index in [1.54, 1.807) is 13.8 Å². The van der Waals surface area contributed by atoms with Crippen LogP contribution in [0.5, 0.6) is 0 Å². The summed E-state index contributed by atoms with van der Waals surface area (Å²) in [7, 11) is 0. The van der Waals surface area contributed by atoms with Crippen LogP contribution in [0.4, 0.5) is 0 Å². The van der Waals surface area contributed by atoms with Gasteiger partial charge in [-0.3, -0.25) is 0 Å². The maximum absolute atomic E-state index is 9.56. The summed E-state index contributed by atoms with van der Waals surface area (Å²) < 4.78 is 4.95. The quantitative estimate of drug-likeness (QED) is 0.674. The van der Waals surface area contributed by atoms with Gasteiger partial charge in [-0.15, -0.1) is 0 Å². The highest BCUT2D eigenvalue weighted by molar-refractivity contribution is 5.04. The van der Waals surface area contributed by atoms with Crippen LogP contribution in [0.3, 0.4) is 0 Å². The lowest BCUT2D eigenvalue weighted by Crippen LogP contribution is -2.40. The largest absolute Gasteiger partial charge is 0.381 e. The highest BCUT2D eigenvalue weighted by Crippen LogP contribution is 2.21. The van der Waals surface area contributed by atoms with Crippen molar-refractivity contribution in [2.24, 2.45) is 0 Å². The summed E-state index contributed by atoms with van der Waals surface area (Å²) in [5.74, 6) is 1.32. The molecular weight excluding hydrogens is 170 g/mol. The molecule has 1 aromatic heterocycles. The third-order valence-electron chi connectivity index (χ3n) is 2.11. The molecule has 0 aromatic carbocycles. The summed E-state index contributed by atoms with van der Waals surface area (Å²) in [5, 5.41) is 16.5. The first-order valence-electron chi connectivity index (χ1n) is 4.34. The number of aromatic nitrogens is 2. The molecule has 2 heterocycles. The fraction of sp³-hybridized carbons (Fsp3) is 0.750. The number of hydrogen-bond acceptors (Lipinski definition) is 5. The Kier molecular flexibility index (Phi) is 1.85. The van der Waals surface area contributed by atoms with E-state index in [-0.39, 0.29) is 5.89 Å². The normalized spacial score (nSPS) is 18.7. The van der Waals surface area contributed by atoms with Gasteiger partial charge in [0.1, 0.15) is 5.60 Å². The van der Waals surface area contributed by atoms with Crippen molar-refractivity contribution in [3.05, 3.63) is 11.7 Å². The van der Waals surface area contributed by atoms with Crippen molar-refractivity contribution in [2.75, 3.05) is 13.1 Å². The fourth-order valence-corrected chi connectivity index (χ4v) is 1.12. The second-order valence-electron chi connectivity index (χ2n) is 3.87. The summed E-state index contributed by atoms with van der Waals surface area (Å²) >= 11 is 0. The maximum Gasteiger partial charge on any atom is 0.258 e. The molecule has 1 fully saturated rings. The summed E-state index contributed by atoms with van der Waals surface area (Å²) in [5.41, 5.74) is -1.04. The molecule has 0 atom stereocenters. The minimum atomic E-state index is -1.04. The summed E-state index contributed by atoms with van der Waals surface area (Å²) in [6, 6.07) is 0. The van der Waals surface area contributed by atoms with Crippen LogP contribution in [-0.4, -0.2) is 28.3 Å². The van der Waals surface area contributed by atoms with Gasteiger partial charge in [-0.05, 0) is 13.8 Å². The Morgan fingerprint density at radius 2 is 2.23 bits per heavy atom. The molecule has 0 radical (unpaired) electrons. The summed E-state index contributed by atoms with van der Waals surface area (Å²) in [6.45, 7) is 5.04. The van der Waals surface area contributed by atoms with Crippen LogP contribution < -0.4 is 5.32 Å². The van der Waals surface area contributed by atoms with Crippen molar-refractivity contribution in [3.63, 3.8) is 0 Å². The fourth-order valence-electron chi connectivity index (χ4n) is 1.12. The summed E-state index contributed by atoms with van der Waals surface area (Å²) in [4.78, 5) is 4.14. The van der Waals surface area contributed by atoms with Crippen LogP contribution >= 0.6 is 0 Å².